The predicted molar refractivity (Wildman–Crippen MR) is 96.8 cm³/mol. The lowest BCUT2D eigenvalue weighted by Gasteiger charge is -2.22. The van der Waals surface area contributed by atoms with Crippen LogP contribution in [0, 0.1) is 0 Å². The van der Waals surface area contributed by atoms with Crippen molar-refractivity contribution in [3.05, 3.63) is 71.4 Å². The van der Waals surface area contributed by atoms with Crippen LogP contribution in [0.25, 0.3) is 10.9 Å². The first-order valence-corrected chi connectivity index (χ1v) is 8.71. The SMILES string of the molecule is O=C1CCCc2[nH]c3ccccc3c2CCN1Cc1ccccc1. The van der Waals surface area contributed by atoms with Crippen LogP contribution in [0.15, 0.2) is 54.6 Å². The summed E-state index contributed by atoms with van der Waals surface area (Å²) in [5.74, 6) is 0.272. The largest absolute Gasteiger partial charge is 0.358 e. The van der Waals surface area contributed by atoms with E-state index >= 15 is 0 Å². The second-order valence-electron chi connectivity index (χ2n) is 6.53. The summed E-state index contributed by atoms with van der Waals surface area (Å²) in [6.07, 6.45) is 3.40. The first kappa shape index (κ1) is 15.0. The maximum Gasteiger partial charge on any atom is 0.222 e. The van der Waals surface area contributed by atoms with E-state index < -0.39 is 0 Å². The number of aromatic nitrogens is 1. The number of hydrogen-bond donors (Lipinski definition) is 1. The van der Waals surface area contributed by atoms with Gasteiger partial charge in [0, 0.05) is 36.1 Å². The number of para-hydroxylation sites is 1. The molecular weight excluding hydrogens is 296 g/mol. The van der Waals surface area contributed by atoms with Crippen molar-refractivity contribution in [2.75, 3.05) is 6.54 Å². The molecule has 2 heterocycles. The van der Waals surface area contributed by atoms with Crippen molar-refractivity contribution in [3.63, 3.8) is 0 Å². The number of aryl methyl sites for hydroxylation is 1. The summed E-state index contributed by atoms with van der Waals surface area (Å²) < 4.78 is 0. The van der Waals surface area contributed by atoms with Crippen LogP contribution in [0.3, 0.4) is 0 Å². The highest BCUT2D eigenvalue weighted by Gasteiger charge is 2.19. The van der Waals surface area contributed by atoms with Crippen molar-refractivity contribution in [2.24, 2.45) is 0 Å². The number of benzene rings is 2. The quantitative estimate of drug-likeness (QED) is 0.759. The number of amides is 1. The molecule has 0 unspecified atom stereocenters. The van der Waals surface area contributed by atoms with E-state index in [1.807, 2.05) is 23.1 Å². The molecule has 1 aromatic heterocycles. The van der Waals surface area contributed by atoms with Gasteiger partial charge in [-0.15, -0.1) is 0 Å². The highest BCUT2D eigenvalue weighted by molar-refractivity contribution is 5.85. The molecule has 0 radical (unpaired) electrons. The molecule has 3 nitrogen and oxygen atoms in total. The molecule has 0 bridgehead atoms. The highest BCUT2D eigenvalue weighted by Crippen LogP contribution is 2.26. The first-order chi connectivity index (χ1) is 11.8. The van der Waals surface area contributed by atoms with Gasteiger partial charge >= 0.3 is 0 Å². The molecule has 0 saturated heterocycles. The number of fused-ring (bicyclic) bond motifs is 3. The minimum Gasteiger partial charge on any atom is -0.358 e. The molecule has 1 aliphatic heterocycles. The fraction of sp³-hybridized carbons (Fsp3) is 0.286. The third-order valence-corrected chi connectivity index (χ3v) is 4.92. The Labute approximate surface area is 142 Å². The molecule has 0 fully saturated rings. The van der Waals surface area contributed by atoms with Crippen molar-refractivity contribution in [3.8, 4) is 0 Å². The fourth-order valence-electron chi connectivity index (χ4n) is 3.67. The first-order valence-electron chi connectivity index (χ1n) is 8.71. The van der Waals surface area contributed by atoms with Gasteiger partial charge in [-0.1, -0.05) is 48.5 Å². The molecule has 2 aromatic carbocycles. The summed E-state index contributed by atoms with van der Waals surface area (Å²) in [6, 6.07) is 18.8. The standard InChI is InChI=1S/C21H22N2O/c24-21-12-6-11-20-18(17-9-4-5-10-19(17)22-20)13-14-23(21)15-16-7-2-1-3-8-16/h1-5,7-10,22H,6,11-15H2. The van der Waals surface area contributed by atoms with Gasteiger partial charge in [-0.2, -0.15) is 0 Å². The molecule has 3 heteroatoms. The van der Waals surface area contributed by atoms with Gasteiger partial charge < -0.3 is 9.88 Å². The lowest BCUT2D eigenvalue weighted by atomic mass is 10.0. The average Bonchev–Trinajstić information content (AvgIpc) is 2.98. The monoisotopic (exact) mass is 318 g/mol. The molecule has 4 rings (SSSR count). The van der Waals surface area contributed by atoms with Gasteiger partial charge in [0.05, 0.1) is 0 Å². The molecule has 24 heavy (non-hydrogen) atoms. The van der Waals surface area contributed by atoms with Crippen LogP contribution in [-0.2, 0) is 24.2 Å². The van der Waals surface area contributed by atoms with Crippen LogP contribution in [0.4, 0.5) is 0 Å². The molecule has 0 spiro atoms. The van der Waals surface area contributed by atoms with Crippen LogP contribution in [-0.4, -0.2) is 22.3 Å². The zero-order valence-electron chi connectivity index (χ0n) is 13.8. The lowest BCUT2D eigenvalue weighted by molar-refractivity contribution is -0.131. The fourth-order valence-corrected chi connectivity index (χ4v) is 3.67. The number of rotatable bonds is 2. The maximum absolute atomic E-state index is 12.6. The summed E-state index contributed by atoms with van der Waals surface area (Å²) in [4.78, 5) is 18.2. The highest BCUT2D eigenvalue weighted by atomic mass is 16.2. The summed E-state index contributed by atoms with van der Waals surface area (Å²) in [5, 5.41) is 1.31. The Morgan fingerprint density at radius 1 is 0.917 bits per heavy atom. The van der Waals surface area contributed by atoms with Crippen molar-refractivity contribution in [2.45, 2.75) is 32.2 Å². The molecule has 0 atom stereocenters. The number of aromatic amines is 1. The van der Waals surface area contributed by atoms with Crippen molar-refractivity contribution in [1.82, 2.24) is 9.88 Å². The van der Waals surface area contributed by atoms with E-state index in [-0.39, 0.29) is 5.91 Å². The van der Waals surface area contributed by atoms with E-state index in [1.54, 1.807) is 0 Å². The van der Waals surface area contributed by atoms with Gasteiger partial charge in [0.1, 0.15) is 0 Å². The van der Waals surface area contributed by atoms with Crippen molar-refractivity contribution in [1.29, 1.82) is 0 Å². The van der Waals surface area contributed by atoms with E-state index in [0.717, 1.165) is 25.8 Å². The molecule has 0 saturated carbocycles. The third kappa shape index (κ3) is 2.94. The van der Waals surface area contributed by atoms with Crippen LogP contribution >= 0.6 is 0 Å². The Kier molecular flexibility index (Phi) is 4.08. The van der Waals surface area contributed by atoms with Crippen LogP contribution < -0.4 is 0 Å². The van der Waals surface area contributed by atoms with Crippen molar-refractivity contribution < 1.29 is 4.79 Å². The zero-order valence-corrected chi connectivity index (χ0v) is 13.8. The van der Waals surface area contributed by atoms with Crippen molar-refractivity contribution >= 4 is 16.8 Å². The van der Waals surface area contributed by atoms with Gasteiger partial charge in [0.2, 0.25) is 5.91 Å². The Balaban J connectivity index is 1.62. The molecule has 1 aliphatic rings. The van der Waals surface area contributed by atoms with Crippen LogP contribution in [0.2, 0.25) is 0 Å². The van der Waals surface area contributed by atoms with Gasteiger partial charge in [0.25, 0.3) is 0 Å². The van der Waals surface area contributed by atoms with Gasteiger partial charge in [0.15, 0.2) is 0 Å². The summed E-state index contributed by atoms with van der Waals surface area (Å²) >= 11 is 0. The second-order valence-corrected chi connectivity index (χ2v) is 6.53. The number of nitrogens with one attached hydrogen (secondary N) is 1. The lowest BCUT2D eigenvalue weighted by Crippen LogP contribution is -2.32. The maximum atomic E-state index is 12.6. The van der Waals surface area contributed by atoms with E-state index in [4.69, 9.17) is 0 Å². The minimum atomic E-state index is 0.272. The number of hydrogen-bond acceptors (Lipinski definition) is 1. The van der Waals surface area contributed by atoms with Crippen LogP contribution in [0.5, 0.6) is 0 Å². The van der Waals surface area contributed by atoms with E-state index in [0.29, 0.717) is 13.0 Å². The molecule has 1 N–H and O–H groups in total. The summed E-state index contributed by atoms with van der Waals surface area (Å²) in [6.45, 7) is 1.49. The molecular formula is C21H22N2O. The summed E-state index contributed by atoms with van der Waals surface area (Å²) in [5.41, 5.74) is 5.11. The number of H-pyrrole nitrogens is 1. The van der Waals surface area contributed by atoms with Gasteiger partial charge in [-0.05, 0) is 36.5 Å². The van der Waals surface area contributed by atoms with E-state index in [1.165, 1.54) is 27.7 Å². The van der Waals surface area contributed by atoms with Crippen LogP contribution in [0.1, 0.15) is 29.7 Å². The molecule has 1 amide bonds. The zero-order chi connectivity index (χ0) is 16.4. The third-order valence-electron chi connectivity index (χ3n) is 4.92. The number of nitrogens with zero attached hydrogens (tertiary/aromatic N) is 1. The topological polar surface area (TPSA) is 36.1 Å². The van der Waals surface area contributed by atoms with Gasteiger partial charge in [-0.25, -0.2) is 0 Å². The molecule has 0 aliphatic carbocycles. The smallest absolute Gasteiger partial charge is 0.222 e. The second kappa shape index (κ2) is 6.52. The molecule has 3 aromatic rings. The minimum absolute atomic E-state index is 0.272. The Morgan fingerprint density at radius 2 is 1.71 bits per heavy atom. The average molecular weight is 318 g/mol. The number of carbonyl (C=O) groups excluding carboxylic acids is 1. The predicted octanol–water partition coefficient (Wildman–Crippen LogP) is 4.08. The van der Waals surface area contributed by atoms with Gasteiger partial charge in [-0.3, -0.25) is 4.79 Å². The van der Waals surface area contributed by atoms with E-state index in [9.17, 15) is 4.79 Å². The normalized spacial score (nSPS) is 15.7. The number of carbonyl (C=O) groups is 1. The Hall–Kier alpha value is -2.55. The summed E-state index contributed by atoms with van der Waals surface area (Å²) in [7, 11) is 0. The molecule has 122 valence electrons. The van der Waals surface area contributed by atoms with E-state index in [2.05, 4.69) is 41.4 Å². The Morgan fingerprint density at radius 3 is 2.58 bits per heavy atom. The Bertz CT molecular complexity index is 851.